The number of amides is 1. The van der Waals surface area contributed by atoms with E-state index >= 15 is 0 Å². The maximum atomic E-state index is 14.5. The molecule has 2 fully saturated rings. The van der Waals surface area contributed by atoms with Gasteiger partial charge in [0.1, 0.15) is 23.2 Å². The molecule has 0 saturated carbocycles. The Morgan fingerprint density at radius 3 is 2.54 bits per heavy atom. The highest BCUT2D eigenvalue weighted by Gasteiger charge is 2.39. The number of aromatic nitrogens is 2. The average molecular weight is 554 g/mol. The second kappa shape index (κ2) is 10.8. The first-order valence-electron chi connectivity index (χ1n) is 13.1. The third kappa shape index (κ3) is 5.83. The molecule has 11 heteroatoms. The van der Waals surface area contributed by atoms with Crippen molar-refractivity contribution in [2.24, 2.45) is 5.92 Å². The number of carbonyl (C=O) groups excluding carboxylic acids is 1. The lowest BCUT2D eigenvalue weighted by Crippen LogP contribution is -2.42. The first-order chi connectivity index (χ1) is 18.6. The summed E-state index contributed by atoms with van der Waals surface area (Å²) in [7, 11) is -4.28. The van der Waals surface area contributed by atoms with Crippen LogP contribution in [0.5, 0.6) is 5.75 Å². The van der Waals surface area contributed by atoms with Gasteiger partial charge in [0.2, 0.25) is 0 Å². The van der Waals surface area contributed by atoms with Crippen molar-refractivity contribution in [1.82, 2.24) is 14.7 Å². The first-order valence-corrected chi connectivity index (χ1v) is 14.6. The fraction of sp³-hybridized carbons (Fsp3) is 0.393. The number of anilines is 2. The first kappa shape index (κ1) is 26.9. The third-order valence-electron chi connectivity index (χ3n) is 7.06. The minimum atomic E-state index is -4.28. The van der Waals surface area contributed by atoms with Crippen LogP contribution >= 0.6 is 0 Å². The SMILES string of the molecule is CC(C)COc1cc(F)cc(-c2ccc(C(=O)NS(=O)(=O)c3cccc(N)n3)c(N3[C@@H]4CCC[C@@H]3CC4)n2)c1. The molecule has 2 aromatic heterocycles. The van der Waals surface area contributed by atoms with Crippen LogP contribution in [-0.2, 0) is 10.0 Å². The summed E-state index contributed by atoms with van der Waals surface area (Å²) in [5.74, 6) is -0.209. The van der Waals surface area contributed by atoms with Crippen molar-refractivity contribution in [3.63, 3.8) is 0 Å². The predicted molar refractivity (Wildman–Crippen MR) is 146 cm³/mol. The van der Waals surface area contributed by atoms with E-state index in [4.69, 9.17) is 15.5 Å². The normalized spacial score (nSPS) is 18.8. The van der Waals surface area contributed by atoms with Crippen LogP contribution in [0.25, 0.3) is 11.3 Å². The van der Waals surface area contributed by atoms with E-state index in [-0.39, 0.29) is 34.4 Å². The Hall–Kier alpha value is -3.73. The number of sulfonamides is 1. The number of nitrogens with zero attached hydrogens (tertiary/aromatic N) is 3. The van der Waals surface area contributed by atoms with Crippen molar-refractivity contribution in [2.75, 3.05) is 17.2 Å². The van der Waals surface area contributed by atoms with E-state index < -0.39 is 21.7 Å². The number of nitrogens with one attached hydrogen (secondary N) is 1. The summed E-state index contributed by atoms with van der Waals surface area (Å²) in [5.41, 5.74) is 6.73. The zero-order chi connectivity index (χ0) is 27.7. The van der Waals surface area contributed by atoms with Gasteiger partial charge in [0.15, 0.2) is 5.03 Å². The van der Waals surface area contributed by atoms with E-state index in [9.17, 15) is 17.6 Å². The molecule has 39 heavy (non-hydrogen) atoms. The van der Waals surface area contributed by atoms with Gasteiger partial charge in [-0.2, -0.15) is 8.42 Å². The maximum absolute atomic E-state index is 14.5. The van der Waals surface area contributed by atoms with Gasteiger partial charge in [-0.15, -0.1) is 0 Å². The Labute approximate surface area is 227 Å². The van der Waals surface area contributed by atoms with Gasteiger partial charge in [-0.05, 0) is 74.4 Å². The van der Waals surface area contributed by atoms with Gasteiger partial charge in [0.25, 0.3) is 15.9 Å². The van der Waals surface area contributed by atoms with Crippen molar-refractivity contribution >= 4 is 27.6 Å². The number of fused-ring (bicyclic) bond motifs is 2. The van der Waals surface area contributed by atoms with E-state index in [1.54, 1.807) is 18.2 Å². The van der Waals surface area contributed by atoms with E-state index in [0.717, 1.165) is 32.1 Å². The number of ether oxygens (including phenoxy) is 1. The van der Waals surface area contributed by atoms with Gasteiger partial charge in [-0.3, -0.25) is 4.79 Å². The predicted octanol–water partition coefficient (Wildman–Crippen LogP) is 4.54. The number of halogens is 1. The average Bonchev–Trinajstić information content (AvgIpc) is 3.14. The molecule has 3 N–H and O–H groups in total. The molecule has 0 radical (unpaired) electrons. The molecule has 5 rings (SSSR count). The highest BCUT2D eigenvalue weighted by atomic mass is 32.2. The van der Waals surface area contributed by atoms with E-state index in [1.807, 2.05) is 13.8 Å². The van der Waals surface area contributed by atoms with Crippen molar-refractivity contribution in [3.8, 4) is 17.0 Å². The number of hydrogen-bond acceptors (Lipinski definition) is 8. The van der Waals surface area contributed by atoms with Crippen molar-refractivity contribution < 1.29 is 22.3 Å². The number of nitrogens with two attached hydrogens (primary N) is 1. The third-order valence-corrected chi connectivity index (χ3v) is 8.29. The second-order valence-corrected chi connectivity index (χ2v) is 12.1. The summed E-state index contributed by atoms with van der Waals surface area (Å²) in [6.07, 6.45) is 4.94. The van der Waals surface area contributed by atoms with Crippen LogP contribution in [-0.4, -0.2) is 43.0 Å². The molecule has 2 aliphatic heterocycles. The molecule has 0 spiro atoms. The Kier molecular flexibility index (Phi) is 7.44. The number of piperidine rings is 1. The maximum Gasteiger partial charge on any atom is 0.281 e. The molecule has 1 amide bonds. The Balaban J connectivity index is 1.53. The molecule has 2 saturated heterocycles. The molecular weight excluding hydrogens is 521 g/mol. The lowest BCUT2D eigenvalue weighted by atomic mass is 10.0. The van der Waals surface area contributed by atoms with Crippen LogP contribution in [0, 0.1) is 11.7 Å². The van der Waals surface area contributed by atoms with Crippen LogP contribution in [0.3, 0.4) is 0 Å². The molecule has 2 atom stereocenters. The van der Waals surface area contributed by atoms with E-state index in [1.165, 1.54) is 30.3 Å². The molecule has 3 aromatic rings. The molecule has 206 valence electrons. The van der Waals surface area contributed by atoms with Crippen LogP contribution in [0.2, 0.25) is 0 Å². The highest BCUT2D eigenvalue weighted by Crippen LogP contribution is 2.40. The molecule has 4 heterocycles. The lowest BCUT2D eigenvalue weighted by Gasteiger charge is -2.37. The Morgan fingerprint density at radius 2 is 1.85 bits per heavy atom. The minimum absolute atomic E-state index is 0.0220. The van der Waals surface area contributed by atoms with E-state index in [0.29, 0.717) is 29.4 Å². The summed E-state index contributed by atoms with van der Waals surface area (Å²) in [6.45, 7) is 4.45. The van der Waals surface area contributed by atoms with Crippen molar-refractivity contribution in [3.05, 3.63) is 59.9 Å². The van der Waals surface area contributed by atoms with Gasteiger partial charge < -0.3 is 15.4 Å². The smallest absolute Gasteiger partial charge is 0.281 e. The van der Waals surface area contributed by atoms with Gasteiger partial charge in [0, 0.05) is 23.7 Å². The summed E-state index contributed by atoms with van der Waals surface area (Å²) in [6, 6.07) is 12.1. The Bertz CT molecular complexity index is 1480. The number of benzene rings is 1. The number of carbonyl (C=O) groups is 1. The van der Waals surface area contributed by atoms with Crippen LogP contribution in [0.1, 0.15) is 56.3 Å². The van der Waals surface area contributed by atoms with Gasteiger partial charge in [0.05, 0.1) is 17.9 Å². The summed E-state index contributed by atoms with van der Waals surface area (Å²) in [4.78, 5) is 24.2. The molecule has 1 aromatic carbocycles. The molecule has 9 nitrogen and oxygen atoms in total. The molecule has 2 aliphatic rings. The standard InChI is InChI=1S/C28H32FN5O4S/c1-17(2)16-38-22-14-18(13-19(29)15-22)24-12-11-23(27(31-24)34-20-5-3-6-21(34)10-9-20)28(35)33-39(36,37)26-8-4-7-25(30)32-26/h4,7-8,11-15,17,20-21H,3,5-6,9-10,16H2,1-2H3,(H2,30,32)(H,33,35)/t20-,21-/m1/s1. The molecule has 0 aliphatic carbocycles. The van der Waals surface area contributed by atoms with Crippen LogP contribution in [0.15, 0.2) is 53.6 Å². The van der Waals surface area contributed by atoms with E-state index in [2.05, 4.69) is 14.6 Å². The summed E-state index contributed by atoms with van der Waals surface area (Å²) >= 11 is 0. The fourth-order valence-corrected chi connectivity index (χ4v) is 6.25. The summed E-state index contributed by atoms with van der Waals surface area (Å²) in [5, 5.41) is -0.353. The monoisotopic (exact) mass is 553 g/mol. The largest absolute Gasteiger partial charge is 0.493 e. The Morgan fingerprint density at radius 1 is 1.10 bits per heavy atom. The van der Waals surface area contributed by atoms with Crippen molar-refractivity contribution in [2.45, 2.75) is 63.1 Å². The lowest BCUT2D eigenvalue weighted by molar-refractivity contribution is 0.0981. The zero-order valence-electron chi connectivity index (χ0n) is 21.9. The van der Waals surface area contributed by atoms with Gasteiger partial charge in [-0.25, -0.2) is 19.1 Å². The molecular formula is C28H32FN5O4S. The molecule has 0 unspecified atom stereocenters. The zero-order valence-corrected chi connectivity index (χ0v) is 22.7. The molecule has 2 bridgehead atoms. The number of pyridine rings is 2. The highest BCUT2D eigenvalue weighted by molar-refractivity contribution is 7.90. The van der Waals surface area contributed by atoms with Crippen LogP contribution in [0.4, 0.5) is 16.0 Å². The van der Waals surface area contributed by atoms with Crippen LogP contribution < -0.4 is 20.1 Å². The number of nitrogen functional groups attached to an aromatic ring is 1. The fourth-order valence-electron chi connectivity index (χ4n) is 5.31. The van der Waals surface area contributed by atoms with Crippen molar-refractivity contribution in [1.29, 1.82) is 0 Å². The quantitative estimate of drug-likeness (QED) is 0.416. The minimum Gasteiger partial charge on any atom is -0.493 e. The number of rotatable bonds is 8. The second-order valence-electron chi connectivity index (χ2n) is 10.5. The van der Waals surface area contributed by atoms with Gasteiger partial charge in [-0.1, -0.05) is 19.9 Å². The number of hydrogen-bond donors (Lipinski definition) is 2. The van der Waals surface area contributed by atoms with Gasteiger partial charge >= 0.3 is 0 Å². The summed E-state index contributed by atoms with van der Waals surface area (Å²) < 4.78 is 48.3. The topological polar surface area (TPSA) is 128 Å².